The molecule has 0 aliphatic heterocycles. The standard InChI is InChI=1S/C17H12Cl2N2O4/c1-8-14-12(22)3-2-4-13(14)25-16(8)17(24)21-20-7-9-5-10(18)6-11(19)15(9)23/h2-7,22-23H,1H3,(H,21,24). The fraction of sp³-hybridized carbons (Fsp3) is 0.0588. The van der Waals surface area contributed by atoms with Crippen molar-refractivity contribution in [3.05, 3.63) is 57.3 Å². The number of phenolic OH excluding ortho intramolecular Hbond substituents is 2. The van der Waals surface area contributed by atoms with Gasteiger partial charge in [-0.1, -0.05) is 29.3 Å². The molecule has 25 heavy (non-hydrogen) atoms. The van der Waals surface area contributed by atoms with Gasteiger partial charge in [-0.3, -0.25) is 4.79 Å². The summed E-state index contributed by atoms with van der Waals surface area (Å²) in [5, 5.41) is 24.3. The summed E-state index contributed by atoms with van der Waals surface area (Å²) >= 11 is 11.7. The van der Waals surface area contributed by atoms with Crippen LogP contribution in [-0.4, -0.2) is 22.3 Å². The molecule has 3 N–H and O–H groups in total. The number of halogens is 2. The lowest BCUT2D eigenvalue weighted by atomic mass is 10.1. The predicted molar refractivity (Wildman–Crippen MR) is 95.8 cm³/mol. The van der Waals surface area contributed by atoms with E-state index in [1.807, 2.05) is 0 Å². The van der Waals surface area contributed by atoms with E-state index in [1.54, 1.807) is 19.1 Å². The maximum absolute atomic E-state index is 12.2. The molecule has 2 aromatic carbocycles. The molecule has 3 aromatic rings. The predicted octanol–water partition coefficient (Wildman–Crippen LogP) is 4.22. The second-order valence-corrected chi connectivity index (χ2v) is 6.07. The zero-order valence-electron chi connectivity index (χ0n) is 12.9. The van der Waals surface area contributed by atoms with Gasteiger partial charge in [0.2, 0.25) is 0 Å². The van der Waals surface area contributed by atoms with Crippen LogP contribution < -0.4 is 5.43 Å². The van der Waals surface area contributed by atoms with E-state index in [4.69, 9.17) is 27.6 Å². The highest BCUT2D eigenvalue weighted by atomic mass is 35.5. The van der Waals surface area contributed by atoms with E-state index in [1.165, 1.54) is 24.4 Å². The van der Waals surface area contributed by atoms with E-state index in [9.17, 15) is 15.0 Å². The Labute approximate surface area is 152 Å². The highest BCUT2D eigenvalue weighted by Gasteiger charge is 2.19. The Morgan fingerprint density at radius 1 is 1.28 bits per heavy atom. The Morgan fingerprint density at radius 3 is 2.76 bits per heavy atom. The molecule has 8 heteroatoms. The summed E-state index contributed by atoms with van der Waals surface area (Å²) in [5.74, 6) is -0.743. The number of hydrogen-bond acceptors (Lipinski definition) is 5. The minimum absolute atomic E-state index is 0.0276. The average molecular weight is 379 g/mol. The van der Waals surface area contributed by atoms with Gasteiger partial charge in [-0.2, -0.15) is 5.10 Å². The van der Waals surface area contributed by atoms with Crippen LogP contribution in [0.4, 0.5) is 0 Å². The minimum Gasteiger partial charge on any atom is -0.507 e. The lowest BCUT2D eigenvalue weighted by molar-refractivity contribution is 0.0929. The number of hydrazone groups is 1. The number of hydrogen-bond donors (Lipinski definition) is 3. The Kier molecular flexibility index (Phi) is 4.57. The van der Waals surface area contributed by atoms with Crippen LogP contribution in [-0.2, 0) is 0 Å². The number of carbonyl (C=O) groups is 1. The Bertz CT molecular complexity index is 1010. The molecular weight excluding hydrogens is 367 g/mol. The highest BCUT2D eigenvalue weighted by molar-refractivity contribution is 6.36. The number of fused-ring (bicyclic) bond motifs is 1. The molecule has 0 atom stereocenters. The van der Waals surface area contributed by atoms with Gasteiger partial charge in [-0.25, -0.2) is 5.43 Å². The van der Waals surface area contributed by atoms with Crippen LogP contribution in [0.15, 0.2) is 39.9 Å². The molecule has 0 unspecified atom stereocenters. The van der Waals surface area contributed by atoms with Crippen molar-refractivity contribution < 1.29 is 19.4 Å². The molecular formula is C17H12Cl2N2O4. The Morgan fingerprint density at radius 2 is 2.04 bits per heavy atom. The third-order valence-electron chi connectivity index (χ3n) is 3.57. The van der Waals surface area contributed by atoms with Gasteiger partial charge in [0.05, 0.1) is 16.6 Å². The van der Waals surface area contributed by atoms with Crippen molar-refractivity contribution in [1.29, 1.82) is 0 Å². The van der Waals surface area contributed by atoms with Crippen molar-refractivity contribution >= 4 is 46.3 Å². The van der Waals surface area contributed by atoms with Gasteiger partial charge in [-0.05, 0) is 31.2 Å². The number of nitrogens with zero attached hydrogens (tertiary/aromatic N) is 1. The van der Waals surface area contributed by atoms with E-state index in [0.717, 1.165) is 0 Å². The Hall–Kier alpha value is -2.70. The van der Waals surface area contributed by atoms with Crippen molar-refractivity contribution in [2.75, 3.05) is 0 Å². The molecule has 0 bridgehead atoms. The molecule has 1 aromatic heterocycles. The molecule has 1 heterocycles. The van der Waals surface area contributed by atoms with Crippen molar-refractivity contribution in [2.45, 2.75) is 6.92 Å². The molecule has 0 fully saturated rings. The number of aryl methyl sites for hydroxylation is 1. The van der Waals surface area contributed by atoms with E-state index in [-0.39, 0.29) is 27.8 Å². The largest absolute Gasteiger partial charge is 0.507 e. The highest BCUT2D eigenvalue weighted by Crippen LogP contribution is 2.32. The lowest BCUT2D eigenvalue weighted by Crippen LogP contribution is -2.17. The first kappa shape index (κ1) is 17.1. The second-order valence-electron chi connectivity index (χ2n) is 5.23. The maximum atomic E-state index is 12.2. The quantitative estimate of drug-likeness (QED) is 0.469. The van der Waals surface area contributed by atoms with E-state index in [2.05, 4.69) is 10.5 Å². The number of nitrogens with one attached hydrogen (secondary N) is 1. The SMILES string of the molecule is Cc1c(C(=O)NN=Cc2cc(Cl)cc(Cl)c2O)oc2cccc(O)c12. The van der Waals surface area contributed by atoms with Gasteiger partial charge in [0.1, 0.15) is 17.1 Å². The number of amides is 1. The summed E-state index contributed by atoms with van der Waals surface area (Å²) in [7, 11) is 0. The smallest absolute Gasteiger partial charge is 0.307 e. The van der Waals surface area contributed by atoms with E-state index >= 15 is 0 Å². The molecule has 0 radical (unpaired) electrons. The zero-order valence-corrected chi connectivity index (χ0v) is 14.4. The van der Waals surface area contributed by atoms with Crippen LogP contribution in [0.5, 0.6) is 11.5 Å². The summed E-state index contributed by atoms with van der Waals surface area (Å²) in [6.45, 7) is 1.66. The van der Waals surface area contributed by atoms with Crippen LogP contribution in [0.1, 0.15) is 21.7 Å². The van der Waals surface area contributed by atoms with Crippen molar-refractivity contribution in [3.63, 3.8) is 0 Å². The first-order chi connectivity index (χ1) is 11.9. The summed E-state index contributed by atoms with van der Waals surface area (Å²) in [4.78, 5) is 12.2. The van der Waals surface area contributed by atoms with Gasteiger partial charge in [0.15, 0.2) is 5.76 Å². The molecule has 0 aliphatic carbocycles. The molecule has 0 saturated carbocycles. The molecule has 1 amide bonds. The third-order valence-corrected chi connectivity index (χ3v) is 4.07. The number of furan rings is 1. The van der Waals surface area contributed by atoms with Crippen LogP contribution >= 0.6 is 23.2 Å². The van der Waals surface area contributed by atoms with Gasteiger partial charge in [-0.15, -0.1) is 0 Å². The van der Waals surface area contributed by atoms with Gasteiger partial charge in [0, 0.05) is 16.1 Å². The second kappa shape index (κ2) is 6.66. The summed E-state index contributed by atoms with van der Waals surface area (Å²) in [5.41, 5.74) is 3.43. The number of rotatable bonds is 3. The molecule has 0 spiro atoms. The topological polar surface area (TPSA) is 95.1 Å². The van der Waals surface area contributed by atoms with Crippen molar-refractivity contribution in [1.82, 2.24) is 5.43 Å². The van der Waals surface area contributed by atoms with Crippen molar-refractivity contribution in [2.24, 2.45) is 5.10 Å². The van der Waals surface area contributed by atoms with Crippen LogP contribution in [0, 0.1) is 6.92 Å². The molecule has 128 valence electrons. The summed E-state index contributed by atoms with van der Waals surface area (Å²) in [6.07, 6.45) is 1.21. The zero-order chi connectivity index (χ0) is 18.1. The minimum atomic E-state index is -0.600. The number of phenols is 2. The van der Waals surface area contributed by atoms with Crippen LogP contribution in [0.2, 0.25) is 10.0 Å². The number of benzene rings is 2. The lowest BCUT2D eigenvalue weighted by Gasteiger charge is -2.02. The molecule has 3 rings (SSSR count). The maximum Gasteiger partial charge on any atom is 0.307 e. The fourth-order valence-corrected chi connectivity index (χ4v) is 2.90. The molecule has 0 saturated heterocycles. The number of aromatic hydroxyl groups is 2. The summed E-state index contributed by atoms with van der Waals surface area (Å²) < 4.78 is 5.47. The van der Waals surface area contributed by atoms with E-state index in [0.29, 0.717) is 21.6 Å². The molecule has 6 nitrogen and oxygen atoms in total. The van der Waals surface area contributed by atoms with Gasteiger partial charge in [0.25, 0.3) is 0 Å². The molecule has 0 aliphatic rings. The average Bonchev–Trinajstić information content (AvgIpc) is 2.90. The Balaban J connectivity index is 1.84. The van der Waals surface area contributed by atoms with Crippen LogP contribution in [0.3, 0.4) is 0 Å². The monoisotopic (exact) mass is 378 g/mol. The fourth-order valence-electron chi connectivity index (χ4n) is 2.39. The normalized spacial score (nSPS) is 11.3. The van der Waals surface area contributed by atoms with Gasteiger partial charge < -0.3 is 14.6 Å². The van der Waals surface area contributed by atoms with Crippen LogP contribution in [0.25, 0.3) is 11.0 Å². The first-order valence-electron chi connectivity index (χ1n) is 7.11. The summed E-state index contributed by atoms with van der Waals surface area (Å²) in [6, 6.07) is 7.61. The third kappa shape index (κ3) is 3.26. The van der Waals surface area contributed by atoms with Gasteiger partial charge >= 0.3 is 5.91 Å². The number of carbonyl (C=O) groups excluding carboxylic acids is 1. The first-order valence-corrected chi connectivity index (χ1v) is 7.86. The van der Waals surface area contributed by atoms with E-state index < -0.39 is 5.91 Å². The van der Waals surface area contributed by atoms with Crippen molar-refractivity contribution in [3.8, 4) is 11.5 Å².